The first-order chi connectivity index (χ1) is 13.5. The third kappa shape index (κ3) is 4.40. The molecule has 0 bridgehead atoms. The summed E-state index contributed by atoms with van der Waals surface area (Å²) < 4.78 is 20.7. The van der Waals surface area contributed by atoms with Crippen LogP contribution in [0.3, 0.4) is 0 Å². The number of benzene rings is 2. The minimum atomic E-state index is -0.952. The van der Waals surface area contributed by atoms with Gasteiger partial charge in [-0.3, -0.25) is 4.79 Å². The number of carbonyl (C=O) groups excluding carboxylic acids is 3. The number of carbonyl (C=O) groups is 3. The van der Waals surface area contributed by atoms with E-state index in [-0.39, 0.29) is 6.61 Å². The third-order valence-corrected chi connectivity index (χ3v) is 4.05. The standard InChI is InChI=1S/C20H19NO7/c1-12-7-8-13(19(23)25-2)9-14(12)21-18(22)11-27-20(24)17-10-26-15-5-3-4-6-16(15)28-17/h3-9,17H,10-11H2,1-2H3,(H,21,22)/t17-/m1/s1. The third-order valence-electron chi connectivity index (χ3n) is 4.05. The van der Waals surface area contributed by atoms with E-state index in [1.165, 1.54) is 13.2 Å². The molecule has 8 nitrogen and oxygen atoms in total. The van der Waals surface area contributed by atoms with Crippen LogP contribution in [-0.4, -0.2) is 44.3 Å². The van der Waals surface area contributed by atoms with Crippen LogP contribution in [0.1, 0.15) is 15.9 Å². The quantitative estimate of drug-likeness (QED) is 0.787. The number of aryl methyl sites for hydroxylation is 1. The van der Waals surface area contributed by atoms with Gasteiger partial charge in [-0.05, 0) is 36.8 Å². The van der Waals surface area contributed by atoms with E-state index >= 15 is 0 Å². The number of esters is 2. The molecule has 1 amide bonds. The van der Waals surface area contributed by atoms with Crippen molar-refractivity contribution < 1.29 is 33.3 Å². The Hall–Kier alpha value is -3.55. The van der Waals surface area contributed by atoms with E-state index in [2.05, 4.69) is 10.1 Å². The molecule has 3 rings (SSSR count). The van der Waals surface area contributed by atoms with Crippen LogP contribution in [0.2, 0.25) is 0 Å². The molecule has 8 heteroatoms. The van der Waals surface area contributed by atoms with Crippen molar-refractivity contribution in [3.05, 3.63) is 53.6 Å². The number of para-hydroxylation sites is 2. The van der Waals surface area contributed by atoms with Crippen LogP contribution in [0.4, 0.5) is 5.69 Å². The van der Waals surface area contributed by atoms with Gasteiger partial charge in [-0.1, -0.05) is 18.2 Å². The van der Waals surface area contributed by atoms with Gasteiger partial charge in [-0.15, -0.1) is 0 Å². The first kappa shape index (κ1) is 19.2. The Labute approximate surface area is 161 Å². The Morgan fingerprint density at radius 1 is 1.14 bits per heavy atom. The van der Waals surface area contributed by atoms with Crippen LogP contribution in [-0.2, 0) is 19.1 Å². The number of methoxy groups -OCH3 is 1. The predicted octanol–water partition coefficient (Wildman–Crippen LogP) is 2.10. The molecule has 0 radical (unpaired) electrons. The van der Waals surface area contributed by atoms with Gasteiger partial charge >= 0.3 is 11.9 Å². The Morgan fingerprint density at radius 3 is 2.64 bits per heavy atom. The summed E-state index contributed by atoms with van der Waals surface area (Å²) in [4.78, 5) is 35.9. The van der Waals surface area contributed by atoms with E-state index in [1.54, 1.807) is 43.3 Å². The molecule has 28 heavy (non-hydrogen) atoms. The number of ether oxygens (including phenoxy) is 4. The van der Waals surface area contributed by atoms with Crippen molar-refractivity contribution in [3.8, 4) is 11.5 Å². The summed E-state index contributed by atoms with van der Waals surface area (Å²) in [5.41, 5.74) is 1.47. The smallest absolute Gasteiger partial charge is 0.351 e. The summed E-state index contributed by atoms with van der Waals surface area (Å²) in [7, 11) is 1.27. The van der Waals surface area contributed by atoms with Crippen molar-refractivity contribution >= 4 is 23.5 Å². The zero-order valence-corrected chi connectivity index (χ0v) is 15.4. The minimum Gasteiger partial charge on any atom is -0.485 e. The molecule has 1 aliphatic heterocycles. The van der Waals surface area contributed by atoms with Crippen molar-refractivity contribution in [1.82, 2.24) is 0 Å². The molecule has 2 aromatic carbocycles. The van der Waals surface area contributed by atoms with E-state index in [4.69, 9.17) is 14.2 Å². The Bertz CT molecular complexity index is 909. The lowest BCUT2D eigenvalue weighted by Crippen LogP contribution is -2.39. The number of fused-ring (bicyclic) bond motifs is 1. The summed E-state index contributed by atoms with van der Waals surface area (Å²) in [6, 6.07) is 11.7. The van der Waals surface area contributed by atoms with Gasteiger partial charge in [0.25, 0.3) is 5.91 Å². The second-order valence-electron chi connectivity index (χ2n) is 6.04. The van der Waals surface area contributed by atoms with E-state index in [9.17, 15) is 14.4 Å². The van der Waals surface area contributed by atoms with Crippen LogP contribution in [0.25, 0.3) is 0 Å². The highest BCUT2D eigenvalue weighted by molar-refractivity contribution is 5.96. The minimum absolute atomic E-state index is 0.00223. The fourth-order valence-corrected chi connectivity index (χ4v) is 2.55. The summed E-state index contributed by atoms with van der Waals surface area (Å²) in [5.74, 6) is -0.780. The van der Waals surface area contributed by atoms with Crippen molar-refractivity contribution in [2.45, 2.75) is 13.0 Å². The Kier molecular flexibility index (Phi) is 5.78. The van der Waals surface area contributed by atoms with Crippen LogP contribution >= 0.6 is 0 Å². The van der Waals surface area contributed by atoms with E-state index in [0.717, 1.165) is 5.56 Å². The van der Waals surface area contributed by atoms with Gasteiger partial charge in [0, 0.05) is 5.69 Å². The molecule has 0 aromatic heterocycles. The van der Waals surface area contributed by atoms with Gasteiger partial charge in [0.1, 0.15) is 6.61 Å². The van der Waals surface area contributed by atoms with Gasteiger partial charge in [-0.2, -0.15) is 0 Å². The fraction of sp³-hybridized carbons (Fsp3) is 0.250. The number of amides is 1. The molecule has 0 saturated carbocycles. The van der Waals surface area contributed by atoms with Gasteiger partial charge < -0.3 is 24.3 Å². The van der Waals surface area contributed by atoms with Gasteiger partial charge in [0.15, 0.2) is 18.1 Å². The number of hydrogen-bond donors (Lipinski definition) is 1. The molecule has 1 atom stereocenters. The second-order valence-corrected chi connectivity index (χ2v) is 6.04. The number of anilines is 1. The highest BCUT2D eigenvalue weighted by Crippen LogP contribution is 2.31. The SMILES string of the molecule is COC(=O)c1ccc(C)c(NC(=O)COC(=O)[C@H]2COc3ccccc3O2)c1. The lowest BCUT2D eigenvalue weighted by molar-refractivity contribution is -0.156. The molecule has 1 N–H and O–H groups in total. The predicted molar refractivity (Wildman–Crippen MR) is 98.5 cm³/mol. The maximum atomic E-state index is 12.1. The Morgan fingerprint density at radius 2 is 1.89 bits per heavy atom. The van der Waals surface area contributed by atoms with Crippen LogP contribution in [0, 0.1) is 6.92 Å². The molecule has 1 aliphatic rings. The zero-order valence-electron chi connectivity index (χ0n) is 15.4. The van der Waals surface area contributed by atoms with Crippen LogP contribution < -0.4 is 14.8 Å². The van der Waals surface area contributed by atoms with Gasteiger partial charge in [0.05, 0.1) is 12.7 Å². The molecule has 0 fully saturated rings. The maximum absolute atomic E-state index is 12.1. The Balaban J connectivity index is 1.55. The van der Waals surface area contributed by atoms with Gasteiger partial charge in [-0.25, -0.2) is 9.59 Å². The summed E-state index contributed by atoms with van der Waals surface area (Å²) >= 11 is 0. The number of nitrogens with one attached hydrogen (secondary N) is 1. The largest absolute Gasteiger partial charge is 0.485 e. The normalized spacial score (nSPS) is 14.7. The zero-order chi connectivity index (χ0) is 20.1. The second kappa shape index (κ2) is 8.43. The molecular formula is C20H19NO7. The molecule has 0 aliphatic carbocycles. The topological polar surface area (TPSA) is 100 Å². The van der Waals surface area contributed by atoms with Crippen molar-refractivity contribution in [1.29, 1.82) is 0 Å². The van der Waals surface area contributed by atoms with Gasteiger partial charge in [0.2, 0.25) is 6.10 Å². The maximum Gasteiger partial charge on any atom is 0.351 e. The van der Waals surface area contributed by atoms with Crippen molar-refractivity contribution in [2.75, 3.05) is 25.6 Å². The molecule has 0 unspecified atom stereocenters. The fourth-order valence-electron chi connectivity index (χ4n) is 2.55. The van der Waals surface area contributed by atoms with Crippen molar-refractivity contribution in [3.63, 3.8) is 0 Å². The van der Waals surface area contributed by atoms with E-state index in [0.29, 0.717) is 22.7 Å². The van der Waals surface area contributed by atoms with Crippen LogP contribution in [0.5, 0.6) is 11.5 Å². The van der Waals surface area contributed by atoms with E-state index < -0.39 is 30.6 Å². The molecular weight excluding hydrogens is 366 g/mol. The number of hydrogen-bond acceptors (Lipinski definition) is 7. The first-order valence-electron chi connectivity index (χ1n) is 8.52. The lowest BCUT2D eigenvalue weighted by Gasteiger charge is -2.24. The average Bonchev–Trinajstić information content (AvgIpc) is 2.72. The summed E-state index contributed by atoms with van der Waals surface area (Å²) in [5, 5.41) is 2.61. The average molecular weight is 385 g/mol. The molecule has 146 valence electrons. The van der Waals surface area contributed by atoms with Crippen LogP contribution in [0.15, 0.2) is 42.5 Å². The highest BCUT2D eigenvalue weighted by atomic mass is 16.6. The van der Waals surface area contributed by atoms with E-state index in [1.807, 2.05) is 0 Å². The first-order valence-corrected chi connectivity index (χ1v) is 8.52. The lowest BCUT2D eigenvalue weighted by atomic mass is 10.1. The summed E-state index contributed by atoms with van der Waals surface area (Å²) in [6.07, 6.45) is -0.952. The molecule has 0 saturated heterocycles. The molecule has 2 aromatic rings. The molecule has 1 heterocycles. The summed E-state index contributed by atoms with van der Waals surface area (Å²) in [6.45, 7) is 1.27. The number of rotatable bonds is 5. The van der Waals surface area contributed by atoms with Crippen molar-refractivity contribution in [2.24, 2.45) is 0 Å². The molecule has 0 spiro atoms. The monoisotopic (exact) mass is 385 g/mol. The highest BCUT2D eigenvalue weighted by Gasteiger charge is 2.29.